The van der Waals surface area contributed by atoms with Gasteiger partial charge in [-0.2, -0.15) is 0 Å². The molecule has 4 bridgehead atoms. The van der Waals surface area contributed by atoms with Crippen molar-refractivity contribution in [1.29, 1.82) is 0 Å². The van der Waals surface area contributed by atoms with Crippen LogP contribution in [-0.4, -0.2) is 61.0 Å². The predicted octanol–water partition coefficient (Wildman–Crippen LogP) is 1.62. The summed E-state index contributed by atoms with van der Waals surface area (Å²) >= 11 is 0. The molecule has 5 aliphatic rings. The summed E-state index contributed by atoms with van der Waals surface area (Å²) in [6, 6.07) is 0. The van der Waals surface area contributed by atoms with Gasteiger partial charge in [-0.05, 0) is 38.3 Å². The van der Waals surface area contributed by atoms with Gasteiger partial charge in [0.25, 0.3) is 0 Å². The molecular formula is C16H28ClNO4. The minimum absolute atomic E-state index is 0. The molecule has 0 amide bonds. The molecule has 5 fully saturated rings. The van der Waals surface area contributed by atoms with Crippen molar-refractivity contribution in [3.8, 4) is 0 Å². The number of rotatable bonds is 3. The average molecular weight is 334 g/mol. The molecule has 1 unspecified atom stereocenters. The van der Waals surface area contributed by atoms with Crippen molar-refractivity contribution in [1.82, 2.24) is 4.90 Å². The lowest BCUT2D eigenvalue weighted by molar-refractivity contribution is -0.410. The van der Waals surface area contributed by atoms with Crippen LogP contribution in [0.4, 0.5) is 0 Å². The van der Waals surface area contributed by atoms with Gasteiger partial charge in [-0.15, -0.1) is 12.4 Å². The monoisotopic (exact) mass is 333 g/mol. The van der Waals surface area contributed by atoms with Crippen LogP contribution in [-0.2, 0) is 14.2 Å². The van der Waals surface area contributed by atoms with Crippen LogP contribution in [0.15, 0.2) is 0 Å². The lowest BCUT2D eigenvalue weighted by Crippen LogP contribution is -2.68. The molecule has 4 saturated heterocycles. The van der Waals surface area contributed by atoms with E-state index >= 15 is 0 Å². The summed E-state index contributed by atoms with van der Waals surface area (Å²) in [5, 5.41) is 10.8. The largest absolute Gasteiger partial charge is 0.390 e. The molecule has 1 N–H and O–H groups in total. The first kappa shape index (κ1) is 16.9. The average Bonchev–Trinajstić information content (AvgIpc) is 2.75. The summed E-state index contributed by atoms with van der Waals surface area (Å²) in [5.41, 5.74) is -0.488. The number of fused-ring (bicyclic) bond motifs is 1. The van der Waals surface area contributed by atoms with E-state index in [1.54, 1.807) is 7.11 Å². The van der Waals surface area contributed by atoms with Crippen LogP contribution in [0.3, 0.4) is 0 Å². The Morgan fingerprint density at radius 3 is 2.68 bits per heavy atom. The molecule has 5 nitrogen and oxygen atoms in total. The third-order valence-corrected chi connectivity index (χ3v) is 6.24. The number of aliphatic hydroxyl groups excluding tert-OH is 1. The molecule has 128 valence electrons. The van der Waals surface area contributed by atoms with Gasteiger partial charge in [0.15, 0.2) is 12.6 Å². The van der Waals surface area contributed by atoms with Gasteiger partial charge in [0.2, 0.25) is 0 Å². The standard InChI is InChI=1S/C16H27NO4.ClH/c1-10-11-8-12(18)16(9-17-6-4-3-5-7-17)13(11)15(19-2)20-14(10)21-16;/h10-15,18H,3-9H2,1-2H3;1H/t10?,11-,12-,13+,14-,15+,16+;/m0./s1. The Balaban J connectivity index is 0.00000144. The number of likely N-dealkylation sites (tertiary alicyclic amines) is 1. The Hall–Kier alpha value is 0.0900. The Morgan fingerprint density at radius 2 is 2.00 bits per heavy atom. The number of hydrogen-bond acceptors (Lipinski definition) is 5. The highest BCUT2D eigenvalue weighted by molar-refractivity contribution is 5.85. The van der Waals surface area contributed by atoms with Crippen molar-refractivity contribution in [2.24, 2.45) is 17.8 Å². The molecule has 6 heteroatoms. The zero-order chi connectivity index (χ0) is 14.6. The van der Waals surface area contributed by atoms with Crippen LogP contribution in [0.25, 0.3) is 0 Å². The summed E-state index contributed by atoms with van der Waals surface area (Å²) in [6.07, 6.45) is 3.79. The molecule has 4 heterocycles. The molecule has 1 aliphatic carbocycles. The molecule has 4 aliphatic heterocycles. The first-order valence-electron chi connectivity index (χ1n) is 8.42. The van der Waals surface area contributed by atoms with Gasteiger partial charge in [-0.3, -0.25) is 0 Å². The van der Waals surface area contributed by atoms with E-state index in [1.165, 1.54) is 19.3 Å². The van der Waals surface area contributed by atoms with E-state index in [9.17, 15) is 5.11 Å². The quantitative estimate of drug-likeness (QED) is 0.850. The maximum atomic E-state index is 10.8. The van der Waals surface area contributed by atoms with E-state index in [1.807, 2.05) is 0 Å². The summed E-state index contributed by atoms with van der Waals surface area (Å²) in [6.45, 7) is 5.24. The zero-order valence-electron chi connectivity index (χ0n) is 13.4. The van der Waals surface area contributed by atoms with Crippen molar-refractivity contribution in [3.63, 3.8) is 0 Å². The number of nitrogens with zero attached hydrogens (tertiary/aromatic N) is 1. The maximum absolute atomic E-state index is 10.8. The molecule has 1 saturated carbocycles. The van der Waals surface area contributed by atoms with Crippen LogP contribution in [0, 0.1) is 17.8 Å². The summed E-state index contributed by atoms with van der Waals surface area (Å²) in [7, 11) is 1.70. The smallest absolute Gasteiger partial charge is 0.166 e. The Morgan fingerprint density at radius 1 is 1.27 bits per heavy atom. The second kappa shape index (κ2) is 6.19. The number of piperidine rings is 1. The number of halogens is 1. The minimum atomic E-state index is -0.488. The fourth-order valence-electron chi connectivity index (χ4n) is 5.13. The van der Waals surface area contributed by atoms with E-state index in [4.69, 9.17) is 14.2 Å². The van der Waals surface area contributed by atoms with E-state index in [0.29, 0.717) is 11.8 Å². The van der Waals surface area contributed by atoms with Crippen molar-refractivity contribution in [3.05, 3.63) is 0 Å². The number of methoxy groups -OCH3 is 1. The predicted molar refractivity (Wildman–Crippen MR) is 83.8 cm³/mol. The number of hydrogen-bond donors (Lipinski definition) is 1. The van der Waals surface area contributed by atoms with Gasteiger partial charge >= 0.3 is 0 Å². The van der Waals surface area contributed by atoms with Crippen LogP contribution in [0.5, 0.6) is 0 Å². The third-order valence-electron chi connectivity index (χ3n) is 6.24. The minimum Gasteiger partial charge on any atom is -0.390 e. The molecule has 0 radical (unpaired) electrons. The first-order chi connectivity index (χ1) is 10.2. The second-order valence-electron chi connectivity index (χ2n) is 7.32. The van der Waals surface area contributed by atoms with Crippen molar-refractivity contribution in [2.75, 3.05) is 26.7 Å². The third kappa shape index (κ3) is 2.33. The molecule has 0 aromatic carbocycles. The Labute approximate surface area is 138 Å². The van der Waals surface area contributed by atoms with E-state index in [0.717, 1.165) is 26.1 Å². The van der Waals surface area contributed by atoms with E-state index in [-0.39, 0.29) is 30.9 Å². The van der Waals surface area contributed by atoms with E-state index in [2.05, 4.69) is 11.8 Å². The van der Waals surface area contributed by atoms with Crippen LogP contribution in [0.2, 0.25) is 0 Å². The van der Waals surface area contributed by atoms with E-state index < -0.39 is 11.7 Å². The molecule has 0 aromatic heterocycles. The van der Waals surface area contributed by atoms with Gasteiger partial charge < -0.3 is 24.2 Å². The van der Waals surface area contributed by atoms with Crippen LogP contribution in [0.1, 0.15) is 32.6 Å². The highest BCUT2D eigenvalue weighted by Crippen LogP contribution is 2.58. The molecular weight excluding hydrogens is 306 g/mol. The topological polar surface area (TPSA) is 51.2 Å². The fourth-order valence-corrected chi connectivity index (χ4v) is 5.13. The summed E-state index contributed by atoms with van der Waals surface area (Å²) in [5.74, 6) is 0.940. The number of aliphatic hydroxyl groups is 1. The van der Waals surface area contributed by atoms with Crippen LogP contribution >= 0.6 is 12.4 Å². The normalized spacial score (nSPS) is 50.9. The molecule has 7 atom stereocenters. The fraction of sp³-hybridized carbons (Fsp3) is 1.00. The molecule has 0 aromatic rings. The van der Waals surface area contributed by atoms with Gasteiger partial charge in [0, 0.05) is 25.5 Å². The highest BCUT2D eigenvalue weighted by Gasteiger charge is 2.69. The van der Waals surface area contributed by atoms with Crippen molar-refractivity contribution in [2.45, 2.75) is 56.9 Å². The van der Waals surface area contributed by atoms with Gasteiger partial charge in [0.1, 0.15) is 5.60 Å². The van der Waals surface area contributed by atoms with Crippen molar-refractivity contribution < 1.29 is 19.3 Å². The molecule has 22 heavy (non-hydrogen) atoms. The summed E-state index contributed by atoms with van der Waals surface area (Å²) < 4.78 is 17.8. The van der Waals surface area contributed by atoms with Crippen molar-refractivity contribution >= 4 is 12.4 Å². The van der Waals surface area contributed by atoms with Gasteiger partial charge in [-0.25, -0.2) is 0 Å². The van der Waals surface area contributed by atoms with Gasteiger partial charge in [0.05, 0.1) is 6.10 Å². The number of ether oxygens (including phenoxy) is 3. The van der Waals surface area contributed by atoms with Crippen LogP contribution < -0.4 is 0 Å². The SMILES string of the molecule is CO[C@@H]1O[C@H]2O[C@@]3(CN4CCCCC4)[C@@H]1[C@@H](C[C@@H]3O)C2C.Cl. The van der Waals surface area contributed by atoms with Gasteiger partial charge in [-0.1, -0.05) is 13.3 Å². The Bertz CT molecular complexity index is 406. The first-order valence-corrected chi connectivity index (χ1v) is 8.42. The summed E-state index contributed by atoms with van der Waals surface area (Å²) in [4.78, 5) is 2.47. The Kier molecular flexibility index (Phi) is 4.76. The zero-order valence-corrected chi connectivity index (χ0v) is 14.3. The molecule has 5 rings (SSSR count). The molecule has 0 spiro atoms. The second-order valence-corrected chi connectivity index (χ2v) is 7.32. The maximum Gasteiger partial charge on any atom is 0.166 e. The highest BCUT2D eigenvalue weighted by atomic mass is 35.5. The lowest BCUT2D eigenvalue weighted by atomic mass is 9.73. The lowest BCUT2D eigenvalue weighted by Gasteiger charge is -2.56.